The fraction of sp³-hybridized carbons (Fsp3) is 0. The minimum atomic E-state index is 1.24. The van der Waals surface area contributed by atoms with Gasteiger partial charge in [-0.05, 0) is 29.0 Å². The molecule has 0 saturated carbocycles. The summed E-state index contributed by atoms with van der Waals surface area (Å²) in [6.07, 6.45) is 0. The fourth-order valence-corrected chi connectivity index (χ4v) is 7.28. The molecule has 0 fully saturated rings. The van der Waals surface area contributed by atoms with Gasteiger partial charge in [0.1, 0.15) is 0 Å². The molecule has 12 aromatic rings. The Morgan fingerprint density at radius 2 is 0.789 bits per heavy atom. The van der Waals surface area contributed by atoms with Crippen molar-refractivity contribution >= 4 is 87.0 Å². The summed E-state index contributed by atoms with van der Waals surface area (Å²) in [5, 5.41) is 12.9. The van der Waals surface area contributed by atoms with Gasteiger partial charge in [-0.25, -0.2) is 0 Å². The summed E-state index contributed by atoms with van der Waals surface area (Å²) >= 11 is 0. The number of para-hydroxylation sites is 4. The van der Waals surface area contributed by atoms with Gasteiger partial charge in [-0.1, -0.05) is 103 Å². The number of fused-ring (bicyclic) bond motifs is 6. The maximum Gasteiger partial charge on any atom is 0.0641 e. The van der Waals surface area contributed by atoms with Crippen LogP contribution in [0.4, 0.5) is 0 Å². The molecule has 6 aromatic heterocycles. The third-order valence-electron chi connectivity index (χ3n) is 8.79. The van der Waals surface area contributed by atoms with Crippen molar-refractivity contribution in [2.75, 3.05) is 0 Å². The summed E-state index contributed by atoms with van der Waals surface area (Å²) in [5.74, 6) is 0. The van der Waals surface area contributed by atoms with Gasteiger partial charge in [0.05, 0.1) is 33.1 Å². The van der Waals surface area contributed by atoms with Gasteiger partial charge in [0.2, 0.25) is 0 Å². The lowest BCUT2D eigenvalue weighted by Crippen LogP contribution is -1.88. The molecule has 0 spiro atoms. The molecule has 0 radical (unpaired) electrons. The first-order chi connectivity index (χ1) is 18.9. The van der Waals surface area contributed by atoms with E-state index in [2.05, 4.69) is 130 Å². The quantitative estimate of drug-likeness (QED) is 0.204. The summed E-state index contributed by atoms with van der Waals surface area (Å²) in [6, 6.07) is 45.1. The molecule has 174 valence electrons. The molecular weight excluding hydrogens is 460 g/mol. The second-order valence-electron chi connectivity index (χ2n) is 10.5. The number of rotatable bonds is 0. The molecule has 12 rings (SSSR count). The van der Waals surface area contributed by atoms with Crippen LogP contribution in [-0.2, 0) is 0 Å². The summed E-state index contributed by atoms with van der Waals surface area (Å²) < 4.78 is 5.04. The minimum Gasteiger partial charge on any atom is -0.308 e. The first kappa shape index (κ1) is 19.1. The Bertz CT molecular complexity index is 2590. The normalized spacial score (nSPS) is 12.7. The lowest BCUT2D eigenvalue weighted by atomic mass is 10.0. The van der Waals surface area contributed by atoms with Gasteiger partial charge in [0.25, 0.3) is 0 Å². The van der Waals surface area contributed by atoms with Gasteiger partial charge in [-0.2, -0.15) is 0 Å². The van der Waals surface area contributed by atoms with E-state index in [1.807, 2.05) is 0 Å². The van der Waals surface area contributed by atoms with Crippen LogP contribution in [0.1, 0.15) is 0 Å². The average molecular weight is 481 g/mol. The molecule has 38 heavy (non-hydrogen) atoms. The Morgan fingerprint density at radius 1 is 0.289 bits per heavy atom. The molecule has 0 amide bonds. The maximum atomic E-state index is 2.52. The smallest absolute Gasteiger partial charge is 0.0641 e. The summed E-state index contributed by atoms with van der Waals surface area (Å²) in [6.45, 7) is 0. The van der Waals surface area contributed by atoms with E-state index in [9.17, 15) is 0 Å². The van der Waals surface area contributed by atoms with Crippen LogP contribution in [-0.4, -0.2) is 8.80 Å². The molecule has 0 aliphatic heterocycles. The molecule has 0 aliphatic carbocycles. The largest absolute Gasteiger partial charge is 0.308 e. The van der Waals surface area contributed by atoms with Crippen molar-refractivity contribution in [1.82, 2.24) is 8.80 Å². The Hall–Kier alpha value is -5.08. The Kier molecular flexibility index (Phi) is 3.23. The maximum absolute atomic E-state index is 2.52. The molecule has 0 N–H and O–H groups in total. The van der Waals surface area contributed by atoms with E-state index in [-0.39, 0.29) is 0 Å². The molecule has 6 aromatic carbocycles. The second-order valence-corrected chi connectivity index (χ2v) is 10.5. The first-order valence-corrected chi connectivity index (χ1v) is 13.2. The molecule has 4 bridgehead atoms. The van der Waals surface area contributed by atoms with E-state index in [0.29, 0.717) is 0 Å². The van der Waals surface area contributed by atoms with Crippen LogP contribution in [0, 0.1) is 0 Å². The molecule has 0 atom stereocenters. The van der Waals surface area contributed by atoms with Crippen LogP contribution >= 0.6 is 0 Å². The topological polar surface area (TPSA) is 8.82 Å². The van der Waals surface area contributed by atoms with E-state index in [4.69, 9.17) is 0 Å². The van der Waals surface area contributed by atoms with Crippen molar-refractivity contribution in [3.05, 3.63) is 121 Å². The van der Waals surface area contributed by atoms with Crippen LogP contribution in [0.2, 0.25) is 0 Å². The molecule has 6 heterocycles. The van der Waals surface area contributed by atoms with Gasteiger partial charge in [-0.15, -0.1) is 0 Å². The van der Waals surface area contributed by atoms with Crippen LogP contribution in [0.3, 0.4) is 0 Å². The second kappa shape index (κ2) is 6.42. The molecule has 0 saturated heterocycles. The van der Waals surface area contributed by atoms with Gasteiger partial charge in [0.15, 0.2) is 0 Å². The van der Waals surface area contributed by atoms with Gasteiger partial charge in [0, 0.05) is 43.1 Å². The predicted octanol–water partition coefficient (Wildman–Crippen LogP) is 9.70. The van der Waals surface area contributed by atoms with Crippen LogP contribution in [0.5, 0.6) is 0 Å². The Morgan fingerprint density at radius 3 is 1.47 bits per heavy atom. The zero-order valence-corrected chi connectivity index (χ0v) is 20.4. The minimum absolute atomic E-state index is 1.24. The van der Waals surface area contributed by atoms with Crippen molar-refractivity contribution in [2.24, 2.45) is 0 Å². The van der Waals surface area contributed by atoms with Crippen molar-refractivity contribution in [3.63, 3.8) is 0 Å². The Balaban J connectivity index is 1.70. The lowest BCUT2D eigenvalue weighted by Gasteiger charge is -2.06. The van der Waals surface area contributed by atoms with Crippen molar-refractivity contribution in [1.29, 1.82) is 0 Å². The summed E-state index contributed by atoms with van der Waals surface area (Å²) in [4.78, 5) is 0. The highest BCUT2D eigenvalue weighted by Gasteiger charge is 2.21. The van der Waals surface area contributed by atoms with Gasteiger partial charge in [-0.3, -0.25) is 0 Å². The number of hydrogen-bond donors (Lipinski definition) is 0. The van der Waals surface area contributed by atoms with E-state index in [1.54, 1.807) is 0 Å². The number of hydrogen-bond acceptors (Lipinski definition) is 0. The fourth-order valence-electron chi connectivity index (χ4n) is 7.28. The molecule has 0 aliphatic rings. The van der Waals surface area contributed by atoms with Crippen LogP contribution in [0.15, 0.2) is 121 Å². The average Bonchev–Trinajstić information content (AvgIpc) is 3.61. The number of aromatic nitrogens is 2. The zero-order chi connectivity index (χ0) is 24.5. The number of nitrogens with zero attached hydrogens (tertiary/aromatic N) is 2. The zero-order valence-electron chi connectivity index (χ0n) is 20.4. The highest BCUT2D eigenvalue weighted by Crippen LogP contribution is 2.44. The SMILES string of the molecule is c1ccc2c(c1)c1cccc3c4ccc(cc4)c4ccc(c5c6cccc7c8ccccc8n(c76)c45)n2c31. The monoisotopic (exact) mass is 480 g/mol. The van der Waals surface area contributed by atoms with E-state index in [1.165, 1.54) is 87.0 Å². The summed E-state index contributed by atoms with van der Waals surface area (Å²) in [7, 11) is 0. The summed E-state index contributed by atoms with van der Waals surface area (Å²) in [5.41, 5.74) is 7.62. The van der Waals surface area contributed by atoms with Gasteiger partial charge >= 0.3 is 0 Å². The van der Waals surface area contributed by atoms with Crippen molar-refractivity contribution < 1.29 is 0 Å². The van der Waals surface area contributed by atoms with E-state index < -0.39 is 0 Å². The molecule has 2 nitrogen and oxygen atoms in total. The Labute approximate surface area is 216 Å². The highest BCUT2D eigenvalue weighted by atomic mass is 14.9. The van der Waals surface area contributed by atoms with Crippen molar-refractivity contribution in [3.8, 4) is 0 Å². The first-order valence-electron chi connectivity index (χ1n) is 13.2. The molecule has 2 heteroatoms. The highest BCUT2D eigenvalue weighted by molar-refractivity contribution is 6.31. The van der Waals surface area contributed by atoms with Crippen molar-refractivity contribution in [2.45, 2.75) is 0 Å². The van der Waals surface area contributed by atoms with Crippen LogP contribution in [0.25, 0.3) is 87.0 Å². The predicted molar refractivity (Wildman–Crippen MR) is 162 cm³/mol. The van der Waals surface area contributed by atoms with E-state index in [0.717, 1.165) is 0 Å². The third-order valence-corrected chi connectivity index (χ3v) is 8.79. The van der Waals surface area contributed by atoms with Crippen LogP contribution < -0.4 is 0 Å². The standard InChI is InChI=1S/C36H20N2/c1-3-13-30-25(7-1)27-10-5-9-23-21-15-17-22(18-16-21)24-19-20-32(37(30)34(23)27)33-29-12-6-11-28-26-8-2-4-14-31(26)38(35(28)29)36(24)33/h1-20H. The number of benzene rings is 6. The molecule has 0 unspecified atom stereocenters. The lowest BCUT2D eigenvalue weighted by molar-refractivity contribution is 1.35. The molecular formula is C36H20N2. The third kappa shape index (κ3) is 2.06. The van der Waals surface area contributed by atoms with E-state index >= 15 is 0 Å². The van der Waals surface area contributed by atoms with Gasteiger partial charge < -0.3 is 8.80 Å².